The van der Waals surface area contributed by atoms with E-state index in [0.29, 0.717) is 18.6 Å². The zero-order chi connectivity index (χ0) is 14.7. The number of fused-ring (bicyclic) bond motifs is 1. The highest BCUT2D eigenvalue weighted by Gasteiger charge is 2.30. The monoisotopic (exact) mass is 277 g/mol. The quantitative estimate of drug-likeness (QED) is 0.755. The highest BCUT2D eigenvalue weighted by Crippen LogP contribution is 2.19. The van der Waals surface area contributed by atoms with Gasteiger partial charge in [0.1, 0.15) is 11.9 Å². The number of nitrogens with zero attached hydrogens (tertiary/aromatic N) is 2. The normalized spacial score (nSPS) is 14.2. The Morgan fingerprint density at radius 3 is 2.55 bits per heavy atom. The van der Waals surface area contributed by atoms with Crippen LogP contribution in [0, 0.1) is 0 Å². The van der Waals surface area contributed by atoms with E-state index in [2.05, 4.69) is 9.97 Å². The molecule has 0 unspecified atom stereocenters. The molecule has 0 radical (unpaired) electrons. The lowest BCUT2D eigenvalue weighted by molar-refractivity contribution is -0.146. The van der Waals surface area contributed by atoms with Crippen LogP contribution in [0.3, 0.4) is 0 Å². The minimum absolute atomic E-state index is 0.194. The number of carbonyl (C=O) groups excluding carboxylic acids is 1. The molecule has 0 spiro atoms. The summed E-state index contributed by atoms with van der Waals surface area (Å²) in [4.78, 5) is 20.6. The summed E-state index contributed by atoms with van der Waals surface area (Å²) in [5.74, 6) is -0.304. The molecule has 0 saturated heterocycles. The second-order valence-electron chi connectivity index (χ2n) is 4.54. The Hall–Kier alpha value is -1.92. The minimum atomic E-state index is -1.52. The number of likely N-dealkylation sites (N-methyl/N-ethyl adjacent to an activating group) is 1. The summed E-state index contributed by atoms with van der Waals surface area (Å²) in [5, 5.41) is 20.1. The topological polar surface area (TPSA) is 89.5 Å². The van der Waals surface area contributed by atoms with Gasteiger partial charge in [-0.15, -0.1) is 0 Å². The fraction of sp³-hybridized carbons (Fsp3) is 0.429. The third kappa shape index (κ3) is 2.66. The van der Waals surface area contributed by atoms with Gasteiger partial charge in [0.25, 0.3) is 5.91 Å². The number of nitrogens with one attached hydrogen (secondary N) is 1. The zero-order valence-electron chi connectivity index (χ0n) is 11.6. The summed E-state index contributed by atoms with van der Waals surface area (Å²) in [7, 11) is 0. The number of benzene rings is 1. The van der Waals surface area contributed by atoms with E-state index in [4.69, 9.17) is 0 Å². The minimum Gasteiger partial charge on any atom is -0.382 e. The van der Waals surface area contributed by atoms with Gasteiger partial charge < -0.3 is 20.1 Å². The first-order chi connectivity index (χ1) is 9.58. The molecule has 2 atom stereocenters. The van der Waals surface area contributed by atoms with Crippen LogP contribution in [0.2, 0.25) is 0 Å². The Morgan fingerprint density at radius 1 is 1.30 bits per heavy atom. The molecule has 0 bridgehead atoms. The summed E-state index contributed by atoms with van der Waals surface area (Å²) in [6, 6.07) is 7.28. The molecule has 1 aromatic carbocycles. The van der Waals surface area contributed by atoms with Crippen molar-refractivity contribution in [3.8, 4) is 0 Å². The molecular weight excluding hydrogens is 258 g/mol. The number of imidazole rings is 1. The summed E-state index contributed by atoms with van der Waals surface area (Å²) in [6.07, 6.45) is -2.88. The van der Waals surface area contributed by atoms with E-state index in [1.807, 2.05) is 32.0 Å². The maximum Gasteiger partial charge on any atom is 0.254 e. The van der Waals surface area contributed by atoms with Crippen LogP contribution in [0.1, 0.15) is 25.8 Å². The van der Waals surface area contributed by atoms with Gasteiger partial charge in [0.15, 0.2) is 6.10 Å². The smallest absolute Gasteiger partial charge is 0.254 e. The predicted octanol–water partition coefficient (Wildman–Crippen LogP) is 0.826. The average molecular weight is 277 g/mol. The lowest BCUT2D eigenvalue weighted by Crippen LogP contribution is -2.42. The van der Waals surface area contributed by atoms with Gasteiger partial charge in [-0.1, -0.05) is 12.1 Å². The SMILES string of the molecule is CCN(CC)C(=O)[C@H](O)[C@H](O)c1nc2ccccc2[nH]1. The largest absolute Gasteiger partial charge is 0.382 e. The second-order valence-corrected chi connectivity index (χ2v) is 4.54. The lowest BCUT2D eigenvalue weighted by Gasteiger charge is -2.24. The second kappa shape index (κ2) is 6.02. The molecule has 6 heteroatoms. The molecule has 1 aromatic heterocycles. The van der Waals surface area contributed by atoms with Crippen LogP contribution in [-0.4, -0.2) is 50.2 Å². The van der Waals surface area contributed by atoms with Gasteiger partial charge in [-0.2, -0.15) is 0 Å². The van der Waals surface area contributed by atoms with Crippen molar-refractivity contribution in [2.45, 2.75) is 26.1 Å². The van der Waals surface area contributed by atoms with E-state index in [0.717, 1.165) is 5.52 Å². The van der Waals surface area contributed by atoms with Crippen LogP contribution in [0.5, 0.6) is 0 Å². The van der Waals surface area contributed by atoms with Crippen LogP contribution in [0.4, 0.5) is 0 Å². The molecule has 1 heterocycles. The number of carbonyl (C=O) groups is 1. The molecule has 1 amide bonds. The number of para-hydroxylation sites is 2. The van der Waals surface area contributed by atoms with Crippen molar-refractivity contribution in [2.24, 2.45) is 0 Å². The number of aliphatic hydroxyl groups excluding tert-OH is 2. The van der Waals surface area contributed by atoms with Crippen LogP contribution >= 0.6 is 0 Å². The third-order valence-corrected chi connectivity index (χ3v) is 3.32. The lowest BCUT2D eigenvalue weighted by atomic mass is 10.1. The predicted molar refractivity (Wildman–Crippen MR) is 75.0 cm³/mol. The Balaban J connectivity index is 2.21. The summed E-state index contributed by atoms with van der Waals surface area (Å²) < 4.78 is 0. The highest BCUT2D eigenvalue weighted by atomic mass is 16.3. The Labute approximate surface area is 117 Å². The van der Waals surface area contributed by atoms with Crippen LogP contribution in [0.15, 0.2) is 24.3 Å². The average Bonchev–Trinajstić information content (AvgIpc) is 2.90. The molecule has 0 aliphatic rings. The van der Waals surface area contributed by atoms with Gasteiger partial charge in [-0.3, -0.25) is 4.79 Å². The first-order valence-electron chi connectivity index (χ1n) is 6.68. The van der Waals surface area contributed by atoms with Crippen LogP contribution < -0.4 is 0 Å². The fourth-order valence-electron chi connectivity index (χ4n) is 2.12. The number of rotatable bonds is 5. The number of amides is 1. The van der Waals surface area contributed by atoms with E-state index in [9.17, 15) is 15.0 Å². The van der Waals surface area contributed by atoms with E-state index in [1.54, 1.807) is 6.07 Å². The summed E-state index contributed by atoms with van der Waals surface area (Å²) in [5.41, 5.74) is 1.44. The number of aromatic amines is 1. The first kappa shape index (κ1) is 14.5. The molecule has 0 fully saturated rings. The molecular formula is C14H19N3O3. The zero-order valence-corrected chi connectivity index (χ0v) is 11.6. The number of H-pyrrole nitrogens is 1. The van der Waals surface area contributed by atoms with E-state index >= 15 is 0 Å². The van der Waals surface area contributed by atoms with E-state index in [1.165, 1.54) is 4.90 Å². The first-order valence-corrected chi connectivity index (χ1v) is 6.68. The van der Waals surface area contributed by atoms with Crippen molar-refractivity contribution >= 4 is 16.9 Å². The van der Waals surface area contributed by atoms with Gasteiger partial charge in [-0.25, -0.2) is 4.98 Å². The Bertz CT molecular complexity index is 559. The number of aliphatic hydroxyl groups is 2. The van der Waals surface area contributed by atoms with Crippen LogP contribution in [0.25, 0.3) is 11.0 Å². The number of hydrogen-bond acceptors (Lipinski definition) is 4. The fourth-order valence-corrected chi connectivity index (χ4v) is 2.12. The molecule has 108 valence electrons. The summed E-state index contributed by atoms with van der Waals surface area (Å²) >= 11 is 0. The van der Waals surface area contributed by atoms with Gasteiger partial charge in [0, 0.05) is 13.1 Å². The Kier molecular flexibility index (Phi) is 4.36. The number of hydrogen-bond donors (Lipinski definition) is 3. The molecule has 2 rings (SSSR count). The summed E-state index contributed by atoms with van der Waals surface area (Å²) in [6.45, 7) is 4.61. The van der Waals surface area contributed by atoms with Crippen LogP contribution in [-0.2, 0) is 4.79 Å². The van der Waals surface area contributed by atoms with Crippen molar-refractivity contribution in [2.75, 3.05) is 13.1 Å². The molecule has 0 aliphatic carbocycles. The molecule has 0 aliphatic heterocycles. The maximum absolute atomic E-state index is 12.0. The van der Waals surface area contributed by atoms with Crippen molar-refractivity contribution in [3.05, 3.63) is 30.1 Å². The highest BCUT2D eigenvalue weighted by molar-refractivity contribution is 5.81. The van der Waals surface area contributed by atoms with Crippen molar-refractivity contribution < 1.29 is 15.0 Å². The standard InChI is InChI=1S/C14H19N3O3/c1-3-17(4-2)14(20)12(19)11(18)13-15-9-7-5-6-8-10(9)16-13/h5-8,11-12,18-19H,3-4H2,1-2H3,(H,15,16)/t11-,12+/m0/s1. The van der Waals surface area contributed by atoms with Gasteiger partial charge in [0.2, 0.25) is 0 Å². The number of aromatic nitrogens is 2. The molecule has 3 N–H and O–H groups in total. The van der Waals surface area contributed by atoms with Crippen molar-refractivity contribution in [3.63, 3.8) is 0 Å². The van der Waals surface area contributed by atoms with Crippen molar-refractivity contribution in [1.82, 2.24) is 14.9 Å². The molecule has 6 nitrogen and oxygen atoms in total. The molecule has 0 saturated carbocycles. The van der Waals surface area contributed by atoms with Crippen molar-refractivity contribution in [1.29, 1.82) is 0 Å². The molecule has 20 heavy (non-hydrogen) atoms. The van der Waals surface area contributed by atoms with Gasteiger partial charge >= 0.3 is 0 Å². The van der Waals surface area contributed by atoms with E-state index < -0.39 is 18.1 Å². The third-order valence-electron chi connectivity index (χ3n) is 3.32. The molecule has 2 aromatic rings. The Morgan fingerprint density at radius 2 is 1.95 bits per heavy atom. The van der Waals surface area contributed by atoms with Gasteiger partial charge in [0.05, 0.1) is 11.0 Å². The maximum atomic E-state index is 12.0. The van der Waals surface area contributed by atoms with Gasteiger partial charge in [-0.05, 0) is 26.0 Å². The van der Waals surface area contributed by atoms with E-state index in [-0.39, 0.29) is 5.82 Å².